The van der Waals surface area contributed by atoms with E-state index in [9.17, 15) is 0 Å². The molecule has 2 rings (SSSR count). The quantitative estimate of drug-likeness (QED) is 0.841. The van der Waals surface area contributed by atoms with Crippen LogP contribution in [0.3, 0.4) is 0 Å². The lowest BCUT2D eigenvalue weighted by atomic mass is 10.2. The van der Waals surface area contributed by atoms with Crippen LogP contribution in [0.5, 0.6) is 0 Å². The summed E-state index contributed by atoms with van der Waals surface area (Å²) in [6, 6.07) is 8.60. The van der Waals surface area contributed by atoms with Gasteiger partial charge in [0.05, 0.1) is 5.69 Å². The Morgan fingerprint density at radius 3 is 2.71 bits per heavy atom. The molecule has 0 radical (unpaired) electrons. The minimum atomic E-state index is 0.662. The van der Waals surface area contributed by atoms with Gasteiger partial charge in [-0.2, -0.15) is 0 Å². The first kappa shape index (κ1) is 12.6. The zero-order chi connectivity index (χ0) is 12.1. The zero-order valence-electron chi connectivity index (χ0n) is 9.85. The number of nitrogens with zero attached hydrogens (tertiary/aromatic N) is 1. The van der Waals surface area contributed by atoms with Crippen molar-refractivity contribution in [1.82, 2.24) is 4.98 Å². The molecule has 0 aliphatic rings. The van der Waals surface area contributed by atoms with Crippen LogP contribution in [0.2, 0.25) is 0 Å². The SMILES string of the molecule is CCSc1ccc(-c2nc(CCN)cs2)cc1. The molecule has 0 atom stereocenters. The molecule has 0 aliphatic carbocycles. The second kappa shape index (κ2) is 6.19. The number of hydrogen-bond acceptors (Lipinski definition) is 4. The Kier molecular flexibility index (Phi) is 4.59. The maximum absolute atomic E-state index is 5.52. The third kappa shape index (κ3) is 3.31. The number of aromatic nitrogens is 1. The van der Waals surface area contributed by atoms with E-state index in [2.05, 4.69) is 41.6 Å². The maximum Gasteiger partial charge on any atom is 0.123 e. The van der Waals surface area contributed by atoms with Crippen LogP contribution in [0, 0.1) is 0 Å². The molecule has 1 aromatic heterocycles. The van der Waals surface area contributed by atoms with Gasteiger partial charge in [-0.15, -0.1) is 23.1 Å². The normalized spacial score (nSPS) is 10.7. The Labute approximate surface area is 110 Å². The van der Waals surface area contributed by atoms with Gasteiger partial charge in [-0.05, 0) is 24.4 Å². The summed E-state index contributed by atoms with van der Waals surface area (Å²) in [5, 5.41) is 3.18. The number of thioether (sulfide) groups is 1. The standard InChI is InChI=1S/C13H16N2S2/c1-2-16-12-5-3-10(4-6-12)13-15-11(7-8-14)9-17-13/h3-6,9H,2,7-8,14H2,1H3. The van der Waals surface area contributed by atoms with Crippen molar-refractivity contribution in [3.05, 3.63) is 35.3 Å². The van der Waals surface area contributed by atoms with Crippen molar-refractivity contribution in [3.63, 3.8) is 0 Å². The molecular weight excluding hydrogens is 248 g/mol. The van der Waals surface area contributed by atoms with Crippen molar-refractivity contribution in [1.29, 1.82) is 0 Å². The highest BCUT2D eigenvalue weighted by Gasteiger charge is 2.04. The van der Waals surface area contributed by atoms with E-state index < -0.39 is 0 Å². The Morgan fingerprint density at radius 1 is 1.29 bits per heavy atom. The van der Waals surface area contributed by atoms with Gasteiger partial charge in [0.15, 0.2) is 0 Å². The molecule has 4 heteroatoms. The van der Waals surface area contributed by atoms with Crippen LogP contribution in [-0.4, -0.2) is 17.3 Å². The average Bonchev–Trinajstić information content (AvgIpc) is 2.80. The molecule has 0 bridgehead atoms. The number of nitrogens with two attached hydrogens (primary N) is 1. The van der Waals surface area contributed by atoms with Crippen LogP contribution in [0.1, 0.15) is 12.6 Å². The molecule has 0 unspecified atom stereocenters. The Balaban J connectivity index is 2.15. The van der Waals surface area contributed by atoms with Crippen LogP contribution in [-0.2, 0) is 6.42 Å². The molecule has 0 saturated carbocycles. The van der Waals surface area contributed by atoms with Gasteiger partial charge in [0.2, 0.25) is 0 Å². The Hall–Kier alpha value is -0.840. The third-order valence-electron chi connectivity index (χ3n) is 2.36. The van der Waals surface area contributed by atoms with E-state index in [0.29, 0.717) is 6.54 Å². The van der Waals surface area contributed by atoms with Gasteiger partial charge >= 0.3 is 0 Å². The van der Waals surface area contributed by atoms with Crippen molar-refractivity contribution in [2.45, 2.75) is 18.2 Å². The monoisotopic (exact) mass is 264 g/mol. The highest BCUT2D eigenvalue weighted by molar-refractivity contribution is 7.99. The summed E-state index contributed by atoms with van der Waals surface area (Å²) in [6.07, 6.45) is 0.861. The summed E-state index contributed by atoms with van der Waals surface area (Å²) in [6.45, 7) is 2.83. The predicted octanol–water partition coefficient (Wildman–Crippen LogP) is 3.42. The van der Waals surface area contributed by atoms with Gasteiger partial charge in [0.25, 0.3) is 0 Å². The number of thiazole rings is 1. The van der Waals surface area contributed by atoms with E-state index in [-0.39, 0.29) is 0 Å². The van der Waals surface area contributed by atoms with E-state index in [1.54, 1.807) is 11.3 Å². The van der Waals surface area contributed by atoms with Crippen molar-refractivity contribution < 1.29 is 0 Å². The van der Waals surface area contributed by atoms with E-state index in [0.717, 1.165) is 22.9 Å². The molecule has 0 saturated heterocycles. The maximum atomic E-state index is 5.52. The van der Waals surface area contributed by atoms with Gasteiger partial charge in [-0.25, -0.2) is 4.98 Å². The van der Waals surface area contributed by atoms with Gasteiger partial charge in [0.1, 0.15) is 5.01 Å². The minimum Gasteiger partial charge on any atom is -0.330 e. The van der Waals surface area contributed by atoms with Crippen LogP contribution >= 0.6 is 23.1 Å². The summed E-state index contributed by atoms with van der Waals surface area (Å²) in [4.78, 5) is 5.89. The lowest BCUT2D eigenvalue weighted by molar-refractivity contribution is 0.936. The van der Waals surface area contributed by atoms with Crippen LogP contribution in [0.15, 0.2) is 34.5 Å². The molecule has 1 aromatic carbocycles. The second-order valence-corrected chi connectivity index (χ2v) is 5.84. The molecular formula is C13H16N2S2. The number of rotatable bonds is 5. The fourth-order valence-corrected chi connectivity index (χ4v) is 3.08. The van der Waals surface area contributed by atoms with Crippen LogP contribution < -0.4 is 5.73 Å². The smallest absolute Gasteiger partial charge is 0.123 e. The number of hydrogen-bond donors (Lipinski definition) is 1. The third-order valence-corrected chi connectivity index (χ3v) is 4.20. The average molecular weight is 264 g/mol. The predicted molar refractivity (Wildman–Crippen MR) is 76.7 cm³/mol. The van der Waals surface area contributed by atoms with Gasteiger partial charge in [-0.1, -0.05) is 19.1 Å². The Bertz CT molecular complexity index is 463. The van der Waals surface area contributed by atoms with E-state index in [1.807, 2.05) is 11.8 Å². The summed E-state index contributed by atoms with van der Waals surface area (Å²) >= 11 is 3.55. The fraction of sp³-hybridized carbons (Fsp3) is 0.308. The highest BCUT2D eigenvalue weighted by Crippen LogP contribution is 2.26. The molecule has 1 heterocycles. The molecule has 0 aliphatic heterocycles. The molecule has 2 N–H and O–H groups in total. The second-order valence-electron chi connectivity index (χ2n) is 3.64. The highest BCUT2D eigenvalue weighted by atomic mass is 32.2. The largest absolute Gasteiger partial charge is 0.330 e. The number of benzene rings is 1. The minimum absolute atomic E-state index is 0.662. The van der Waals surface area contributed by atoms with Gasteiger partial charge in [0, 0.05) is 22.3 Å². The van der Waals surface area contributed by atoms with Crippen LogP contribution in [0.25, 0.3) is 10.6 Å². The molecule has 90 valence electrons. The lowest BCUT2D eigenvalue weighted by Crippen LogP contribution is -2.02. The van der Waals surface area contributed by atoms with E-state index in [4.69, 9.17) is 5.73 Å². The van der Waals surface area contributed by atoms with Gasteiger partial charge in [-0.3, -0.25) is 0 Å². The summed E-state index contributed by atoms with van der Waals surface area (Å²) in [5.74, 6) is 1.11. The summed E-state index contributed by atoms with van der Waals surface area (Å²) in [5.41, 5.74) is 7.81. The van der Waals surface area contributed by atoms with E-state index >= 15 is 0 Å². The van der Waals surface area contributed by atoms with Crippen LogP contribution in [0.4, 0.5) is 0 Å². The molecule has 2 nitrogen and oxygen atoms in total. The fourth-order valence-electron chi connectivity index (χ4n) is 1.56. The van der Waals surface area contributed by atoms with Gasteiger partial charge < -0.3 is 5.73 Å². The topological polar surface area (TPSA) is 38.9 Å². The van der Waals surface area contributed by atoms with Crippen molar-refractivity contribution in [3.8, 4) is 10.6 Å². The van der Waals surface area contributed by atoms with Crippen molar-refractivity contribution >= 4 is 23.1 Å². The lowest BCUT2D eigenvalue weighted by Gasteiger charge is -2.00. The first-order chi connectivity index (χ1) is 8.33. The molecule has 2 aromatic rings. The first-order valence-electron chi connectivity index (χ1n) is 5.71. The van der Waals surface area contributed by atoms with E-state index in [1.165, 1.54) is 10.5 Å². The molecule has 17 heavy (non-hydrogen) atoms. The molecule has 0 spiro atoms. The van der Waals surface area contributed by atoms with Crippen molar-refractivity contribution in [2.24, 2.45) is 5.73 Å². The molecule has 0 amide bonds. The molecule has 0 fully saturated rings. The Morgan fingerprint density at radius 2 is 2.06 bits per heavy atom. The zero-order valence-corrected chi connectivity index (χ0v) is 11.5. The van der Waals surface area contributed by atoms with Crippen molar-refractivity contribution in [2.75, 3.05) is 12.3 Å². The first-order valence-corrected chi connectivity index (χ1v) is 7.57. The summed E-state index contributed by atoms with van der Waals surface area (Å²) in [7, 11) is 0. The summed E-state index contributed by atoms with van der Waals surface area (Å²) < 4.78 is 0.